The second-order valence-electron chi connectivity index (χ2n) is 4.96. The number of hydrogen-bond acceptors (Lipinski definition) is 4. The third-order valence-electron chi connectivity index (χ3n) is 3.70. The summed E-state index contributed by atoms with van der Waals surface area (Å²) in [5.41, 5.74) is 5.67. The first-order valence-corrected chi connectivity index (χ1v) is 7.70. The maximum Gasteiger partial charge on any atom is 0.244 e. The van der Waals surface area contributed by atoms with Gasteiger partial charge >= 0.3 is 0 Å². The van der Waals surface area contributed by atoms with Crippen molar-refractivity contribution in [2.75, 3.05) is 19.6 Å². The van der Waals surface area contributed by atoms with Gasteiger partial charge in [-0.15, -0.1) is 0 Å². The van der Waals surface area contributed by atoms with Gasteiger partial charge in [0.15, 0.2) is 0 Å². The fourth-order valence-corrected chi connectivity index (χ4v) is 3.81. The predicted molar refractivity (Wildman–Crippen MR) is 69.3 cm³/mol. The lowest BCUT2D eigenvalue weighted by Gasteiger charge is -2.35. The summed E-state index contributed by atoms with van der Waals surface area (Å²) in [7, 11) is -3.68. The van der Waals surface area contributed by atoms with Crippen LogP contribution >= 0.6 is 0 Å². The SMILES string of the molecule is CC1CCN(S(=O)(=O)c2cncc(F)c2)CC1CN. The van der Waals surface area contributed by atoms with Crippen molar-refractivity contribution < 1.29 is 12.8 Å². The third-order valence-corrected chi connectivity index (χ3v) is 5.53. The molecule has 7 heteroatoms. The lowest BCUT2D eigenvalue weighted by atomic mass is 9.88. The molecule has 1 aromatic heterocycles. The van der Waals surface area contributed by atoms with Gasteiger partial charge in [-0.25, -0.2) is 12.8 Å². The normalized spacial score (nSPS) is 25.4. The van der Waals surface area contributed by atoms with Crippen molar-refractivity contribution in [1.29, 1.82) is 0 Å². The van der Waals surface area contributed by atoms with Gasteiger partial charge < -0.3 is 5.73 Å². The topological polar surface area (TPSA) is 76.3 Å². The minimum atomic E-state index is -3.68. The zero-order chi connectivity index (χ0) is 14.0. The highest BCUT2D eigenvalue weighted by atomic mass is 32.2. The maximum absolute atomic E-state index is 13.1. The van der Waals surface area contributed by atoms with Crippen LogP contribution in [0.1, 0.15) is 13.3 Å². The molecule has 1 saturated heterocycles. The molecule has 0 bridgehead atoms. The Balaban J connectivity index is 2.25. The smallest absolute Gasteiger partial charge is 0.244 e. The quantitative estimate of drug-likeness (QED) is 0.893. The molecule has 1 aliphatic rings. The molecule has 2 N–H and O–H groups in total. The summed E-state index contributed by atoms with van der Waals surface area (Å²) in [5, 5.41) is 0. The summed E-state index contributed by atoms with van der Waals surface area (Å²) in [6.07, 6.45) is 2.93. The van der Waals surface area contributed by atoms with Gasteiger partial charge in [0.05, 0.1) is 6.20 Å². The summed E-state index contributed by atoms with van der Waals surface area (Å²) in [6, 6.07) is 0.998. The van der Waals surface area contributed by atoms with Crippen molar-refractivity contribution in [3.8, 4) is 0 Å². The number of pyridine rings is 1. The number of halogens is 1. The van der Waals surface area contributed by atoms with Crippen LogP contribution in [0.15, 0.2) is 23.4 Å². The highest BCUT2D eigenvalue weighted by molar-refractivity contribution is 7.89. The zero-order valence-corrected chi connectivity index (χ0v) is 11.6. The molecule has 19 heavy (non-hydrogen) atoms. The molecule has 0 saturated carbocycles. The first kappa shape index (κ1) is 14.4. The van der Waals surface area contributed by atoms with E-state index in [2.05, 4.69) is 11.9 Å². The number of piperidine rings is 1. The molecular weight excluding hydrogens is 269 g/mol. The predicted octanol–water partition coefficient (Wildman–Crippen LogP) is 0.826. The van der Waals surface area contributed by atoms with Crippen LogP contribution in [0.4, 0.5) is 4.39 Å². The third kappa shape index (κ3) is 2.93. The Morgan fingerprint density at radius 3 is 2.89 bits per heavy atom. The van der Waals surface area contributed by atoms with E-state index in [4.69, 9.17) is 5.73 Å². The van der Waals surface area contributed by atoms with Gasteiger partial charge in [-0.1, -0.05) is 6.92 Å². The van der Waals surface area contributed by atoms with E-state index in [1.165, 1.54) is 10.5 Å². The summed E-state index contributed by atoms with van der Waals surface area (Å²) in [5.74, 6) is -0.103. The van der Waals surface area contributed by atoms with Crippen LogP contribution in [0.3, 0.4) is 0 Å². The van der Waals surface area contributed by atoms with E-state index >= 15 is 0 Å². The number of nitrogens with zero attached hydrogens (tertiary/aromatic N) is 2. The van der Waals surface area contributed by atoms with E-state index in [0.29, 0.717) is 25.6 Å². The summed E-state index contributed by atoms with van der Waals surface area (Å²) < 4.78 is 39.3. The average Bonchev–Trinajstić information content (AvgIpc) is 2.39. The van der Waals surface area contributed by atoms with Gasteiger partial charge in [-0.05, 0) is 30.9 Å². The van der Waals surface area contributed by atoms with Crippen LogP contribution in [0.5, 0.6) is 0 Å². The van der Waals surface area contributed by atoms with Crippen molar-refractivity contribution in [2.24, 2.45) is 17.6 Å². The van der Waals surface area contributed by atoms with Gasteiger partial charge in [0, 0.05) is 19.3 Å². The monoisotopic (exact) mass is 287 g/mol. The number of aromatic nitrogens is 1. The first-order valence-electron chi connectivity index (χ1n) is 6.26. The molecule has 5 nitrogen and oxygen atoms in total. The Kier molecular flexibility index (Phi) is 4.17. The Hall–Kier alpha value is -1.05. The van der Waals surface area contributed by atoms with E-state index in [1.54, 1.807) is 0 Å². The van der Waals surface area contributed by atoms with Crippen LogP contribution in [0.2, 0.25) is 0 Å². The van der Waals surface area contributed by atoms with Crippen molar-refractivity contribution in [2.45, 2.75) is 18.2 Å². The van der Waals surface area contributed by atoms with E-state index in [9.17, 15) is 12.8 Å². The molecule has 1 aliphatic heterocycles. The number of nitrogens with two attached hydrogens (primary N) is 1. The van der Waals surface area contributed by atoms with Gasteiger partial charge in [0.25, 0.3) is 0 Å². The van der Waals surface area contributed by atoms with Crippen LogP contribution < -0.4 is 5.73 Å². The molecule has 0 aliphatic carbocycles. The van der Waals surface area contributed by atoms with E-state index in [1.807, 2.05) is 0 Å². The second-order valence-corrected chi connectivity index (χ2v) is 6.90. The fraction of sp³-hybridized carbons (Fsp3) is 0.583. The molecule has 1 aromatic rings. The molecule has 2 rings (SSSR count). The Labute approximate surface area is 112 Å². The van der Waals surface area contributed by atoms with Crippen LogP contribution in [0.25, 0.3) is 0 Å². The Bertz CT molecular complexity index is 550. The molecule has 0 amide bonds. The Morgan fingerprint density at radius 2 is 2.26 bits per heavy atom. The standard InChI is InChI=1S/C12H18FN3O2S/c1-9-2-3-16(8-10(9)5-14)19(17,18)12-4-11(13)6-15-7-12/h4,6-7,9-10H,2-3,5,8,14H2,1H3. The zero-order valence-electron chi connectivity index (χ0n) is 10.8. The number of sulfonamides is 1. The number of rotatable bonds is 3. The van der Waals surface area contributed by atoms with Crippen LogP contribution in [-0.2, 0) is 10.0 Å². The van der Waals surface area contributed by atoms with Crippen LogP contribution in [-0.4, -0.2) is 37.3 Å². The van der Waals surface area contributed by atoms with Crippen molar-refractivity contribution in [1.82, 2.24) is 9.29 Å². The first-order chi connectivity index (χ1) is 8.95. The molecular formula is C12H18FN3O2S. The van der Waals surface area contributed by atoms with Crippen LogP contribution in [0, 0.1) is 17.7 Å². The molecule has 0 spiro atoms. The van der Waals surface area contributed by atoms with Gasteiger partial charge in [-0.3, -0.25) is 4.98 Å². The van der Waals surface area contributed by atoms with Gasteiger partial charge in [0.2, 0.25) is 10.0 Å². The number of hydrogen-bond donors (Lipinski definition) is 1. The largest absolute Gasteiger partial charge is 0.330 e. The molecule has 2 unspecified atom stereocenters. The average molecular weight is 287 g/mol. The molecule has 0 radical (unpaired) electrons. The molecule has 106 valence electrons. The van der Waals surface area contributed by atoms with Crippen molar-refractivity contribution in [3.05, 3.63) is 24.3 Å². The highest BCUT2D eigenvalue weighted by Crippen LogP contribution is 2.26. The van der Waals surface area contributed by atoms with E-state index in [0.717, 1.165) is 18.7 Å². The minimum Gasteiger partial charge on any atom is -0.330 e. The van der Waals surface area contributed by atoms with Gasteiger partial charge in [-0.2, -0.15) is 4.31 Å². The summed E-state index contributed by atoms with van der Waals surface area (Å²) >= 11 is 0. The molecule has 2 heterocycles. The molecule has 0 aromatic carbocycles. The maximum atomic E-state index is 13.1. The second kappa shape index (κ2) is 5.52. The van der Waals surface area contributed by atoms with Gasteiger partial charge in [0.1, 0.15) is 10.7 Å². The minimum absolute atomic E-state index is 0.0992. The summed E-state index contributed by atoms with van der Waals surface area (Å²) in [4.78, 5) is 3.49. The summed E-state index contributed by atoms with van der Waals surface area (Å²) in [6.45, 7) is 3.35. The van der Waals surface area contributed by atoms with Crippen molar-refractivity contribution in [3.63, 3.8) is 0 Å². The lowest BCUT2D eigenvalue weighted by molar-refractivity contribution is 0.203. The fourth-order valence-electron chi connectivity index (χ4n) is 2.32. The van der Waals surface area contributed by atoms with Crippen molar-refractivity contribution >= 4 is 10.0 Å². The Morgan fingerprint density at radius 1 is 1.53 bits per heavy atom. The van der Waals surface area contributed by atoms with E-state index in [-0.39, 0.29) is 10.8 Å². The highest BCUT2D eigenvalue weighted by Gasteiger charge is 2.33. The van der Waals surface area contributed by atoms with E-state index < -0.39 is 15.8 Å². The lowest BCUT2D eigenvalue weighted by Crippen LogP contribution is -2.45. The molecule has 1 fully saturated rings. The molecule has 2 atom stereocenters.